The van der Waals surface area contributed by atoms with Crippen LogP contribution in [-0.4, -0.2) is 15.2 Å². The van der Waals surface area contributed by atoms with Gasteiger partial charge >= 0.3 is 0 Å². The van der Waals surface area contributed by atoms with Crippen molar-refractivity contribution in [1.29, 1.82) is 0 Å². The molecule has 0 amide bonds. The summed E-state index contributed by atoms with van der Waals surface area (Å²) < 4.78 is 6.71. The molecule has 1 heterocycles. The summed E-state index contributed by atoms with van der Waals surface area (Å²) in [7, 11) is 0. The average molecular weight is 352 g/mol. The van der Waals surface area contributed by atoms with Gasteiger partial charge in [-0.05, 0) is 25.5 Å². The molecule has 0 bridgehead atoms. The molecule has 0 aliphatic heterocycles. The van der Waals surface area contributed by atoms with Crippen LogP contribution in [0.5, 0.6) is 5.88 Å². The van der Waals surface area contributed by atoms with Gasteiger partial charge in [-0.25, -0.2) is 0 Å². The third kappa shape index (κ3) is 3.13. The number of thiocarbonyl (C=S) groups is 1. The maximum absolute atomic E-state index is 5.76. The van der Waals surface area contributed by atoms with Crippen molar-refractivity contribution in [1.82, 2.24) is 10.2 Å². The zero-order chi connectivity index (χ0) is 14.7. The van der Waals surface area contributed by atoms with E-state index >= 15 is 0 Å². The van der Waals surface area contributed by atoms with Crippen molar-refractivity contribution in [3.63, 3.8) is 0 Å². The van der Waals surface area contributed by atoms with E-state index in [1.165, 1.54) is 0 Å². The summed E-state index contributed by atoms with van der Waals surface area (Å²) in [6, 6.07) is 7.83. The van der Waals surface area contributed by atoms with E-state index in [1.807, 2.05) is 38.1 Å². The highest BCUT2D eigenvalue weighted by Gasteiger charge is 2.15. The minimum atomic E-state index is 0.266. The summed E-state index contributed by atoms with van der Waals surface area (Å²) in [4.78, 5) is 0.266. The molecule has 104 valence electrons. The van der Waals surface area contributed by atoms with E-state index in [2.05, 4.69) is 26.1 Å². The van der Waals surface area contributed by atoms with Crippen LogP contribution in [0, 0.1) is 13.8 Å². The van der Waals surface area contributed by atoms with Crippen molar-refractivity contribution in [2.24, 2.45) is 5.73 Å². The van der Waals surface area contributed by atoms with E-state index in [0.717, 1.165) is 21.3 Å². The predicted molar refractivity (Wildman–Crippen MR) is 85.9 cm³/mol. The first-order valence-electron chi connectivity index (χ1n) is 6.00. The van der Waals surface area contributed by atoms with Crippen LogP contribution in [0.3, 0.4) is 0 Å². The number of aromatic nitrogens is 2. The molecule has 2 aromatic rings. The lowest BCUT2D eigenvalue weighted by Crippen LogP contribution is -2.16. The Balaban J connectivity index is 2.29. The van der Waals surface area contributed by atoms with Gasteiger partial charge in [-0.1, -0.05) is 46.3 Å². The molecule has 0 aliphatic carbocycles. The molecule has 0 saturated heterocycles. The molecule has 4 nitrogen and oxygen atoms in total. The van der Waals surface area contributed by atoms with Gasteiger partial charge in [-0.2, -0.15) is 5.10 Å². The predicted octanol–water partition coefficient (Wildman–Crippen LogP) is 3.07. The monoisotopic (exact) mass is 351 g/mol. The molecule has 2 rings (SSSR count). The Bertz CT molecular complexity index is 661. The van der Waals surface area contributed by atoms with E-state index < -0.39 is 0 Å². The number of ether oxygens (including phenoxy) is 1. The Hall–Kier alpha value is -1.53. The molecule has 0 spiro atoms. The SMILES string of the molecule is Cc1nnc(OCc2ccccc2Br)c(C(N)=S)c1C. The highest BCUT2D eigenvalue weighted by atomic mass is 79.9. The third-order valence-corrected chi connectivity index (χ3v) is 3.97. The quantitative estimate of drug-likeness (QED) is 0.857. The highest BCUT2D eigenvalue weighted by Crippen LogP contribution is 2.23. The Morgan fingerprint density at radius 1 is 1.30 bits per heavy atom. The van der Waals surface area contributed by atoms with Gasteiger partial charge in [0.05, 0.1) is 11.3 Å². The molecule has 0 atom stereocenters. The molecule has 20 heavy (non-hydrogen) atoms. The molecule has 0 unspecified atom stereocenters. The lowest BCUT2D eigenvalue weighted by atomic mass is 10.1. The van der Waals surface area contributed by atoms with E-state index in [0.29, 0.717) is 18.1 Å². The first-order chi connectivity index (χ1) is 9.50. The van der Waals surface area contributed by atoms with Gasteiger partial charge < -0.3 is 10.5 Å². The fraction of sp³-hybridized carbons (Fsp3) is 0.214. The van der Waals surface area contributed by atoms with Crippen LogP contribution in [-0.2, 0) is 6.61 Å². The number of benzene rings is 1. The van der Waals surface area contributed by atoms with Gasteiger partial charge in [0.15, 0.2) is 0 Å². The van der Waals surface area contributed by atoms with Crippen LogP contribution in [0.2, 0.25) is 0 Å². The number of aryl methyl sites for hydroxylation is 1. The summed E-state index contributed by atoms with van der Waals surface area (Å²) in [5, 5.41) is 8.10. The third-order valence-electron chi connectivity index (χ3n) is 2.99. The zero-order valence-electron chi connectivity index (χ0n) is 11.2. The number of rotatable bonds is 4. The minimum absolute atomic E-state index is 0.266. The van der Waals surface area contributed by atoms with Crippen LogP contribution in [0.15, 0.2) is 28.7 Å². The summed E-state index contributed by atoms with van der Waals surface area (Å²) in [6.07, 6.45) is 0. The molecular weight excluding hydrogens is 338 g/mol. The van der Waals surface area contributed by atoms with Crippen LogP contribution in [0.4, 0.5) is 0 Å². The molecule has 1 aromatic carbocycles. The van der Waals surface area contributed by atoms with Crippen LogP contribution >= 0.6 is 28.1 Å². The lowest BCUT2D eigenvalue weighted by Gasteiger charge is -2.13. The van der Waals surface area contributed by atoms with Crippen molar-refractivity contribution >= 4 is 33.1 Å². The second kappa shape index (κ2) is 6.28. The maximum atomic E-state index is 5.76. The molecule has 6 heteroatoms. The first kappa shape index (κ1) is 14.9. The van der Waals surface area contributed by atoms with Crippen molar-refractivity contribution < 1.29 is 4.74 Å². The minimum Gasteiger partial charge on any atom is -0.471 e. The smallest absolute Gasteiger partial charge is 0.244 e. The standard InChI is InChI=1S/C14H14BrN3OS/c1-8-9(2)17-18-14(12(8)13(16)20)19-7-10-5-3-4-6-11(10)15/h3-6H,7H2,1-2H3,(H2,16,20). The number of hydrogen-bond acceptors (Lipinski definition) is 4. The summed E-state index contributed by atoms with van der Waals surface area (Å²) in [5.74, 6) is 0.372. The molecule has 0 saturated carbocycles. The van der Waals surface area contributed by atoms with Crippen molar-refractivity contribution in [2.75, 3.05) is 0 Å². The summed E-state index contributed by atoms with van der Waals surface area (Å²) in [6.45, 7) is 4.14. The van der Waals surface area contributed by atoms with Crippen LogP contribution < -0.4 is 10.5 Å². The number of nitrogens with two attached hydrogens (primary N) is 1. The van der Waals surface area contributed by atoms with Crippen LogP contribution in [0.1, 0.15) is 22.4 Å². The molecule has 0 radical (unpaired) electrons. The van der Waals surface area contributed by atoms with Gasteiger partial charge in [-0.3, -0.25) is 0 Å². The normalized spacial score (nSPS) is 10.3. The van der Waals surface area contributed by atoms with E-state index in [1.54, 1.807) is 0 Å². The summed E-state index contributed by atoms with van der Waals surface area (Å²) >= 11 is 8.55. The van der Waals surface area contributed by atoms with Crippen molar-refractivity contribution in [3.05, 3.63) is 51.1 Å². The largest absolute Gasteiger partial charge is 0.471 e. The first-order valence-corrected chi connectivity index (χ1v) is 7.20. The number of nitrogens with zero attached hydrogens (tertiary/aromatic N) is 2. The van der Waals surface area contributed by atoms with Gasteiger partial charge in [0.1, 0.15) is 11.6 Å². The Morgan fingerprint density at radius 3 is 2.65 bits per heavy atom. The second-order valence-corrected chi connectivity index (χ2v) is 5.63. The summed E-state index contributed by atoms with van der Waals surface area (Å²) in [5.41, 5.74) is 9.12. The topological polar surface area (TPSA) is 61.0 Å². The van der Waals surface area contributed by atoms with Crippen LogP contribution in [0.25, 0.3) is 0 Å². The van der Waals surface area contributed by atoms with E-state index in [-0.39, 0.29) is 4.99 Å². The second-order valence-electron chi connectivity index (χ2n) is 4.33. The van der Waals surface area contributed by atoms with Gasteiger partial charge in [-0.15, -0.1) is 5.10 Å². The lowest BCUT2D eigenvalue weighted by molar-refractivity contribution is 0.288. The molecule has 0 aliphatic rings. The maximum Gasteiger partial charge on any atom is 0.244 e. The average Bonchev–Trinajstić information content (AvgIpc) is 2.41. The van der Waals surface area contributed by atoms with Gasteiger partial charge in [0.25, 0.3) is 0 Å². The van der Waals surface area contributed by atoms with Crippen molar-refractivity contribution in [3.8, 4) is 5.88 Å². The molecule has 2 N–H and O–H groups in total. The Morgan fingerprint density at radius 2 is 2.00 bits per heavy atom. The van der Waals surface area contributed by atoms with Gasteiger partial charge in [0.2, 0.25) is 5.88 Å². The molecule has 0 fully saturated rings. The fourth-order valence-electron chi connectivity index (χ4n) is 1.74. The highest BCUT2D eigenvalue weighted by molar-refractivity contribution is 9.10. The number of hydrogen-bond donors (Lipinski definition) is 1. The van der Waals surface area contributed by atoms with E-state index in [9.17, 15) is 0 Å². The molecule has 1 aromatic heterocycles. The zero-order valence-corrected chi connectivity index (χ0v) is 13.6. The molecular formula is C14H14BrN3OS. The number of halogens is 1. The van der Waals surface area contributed by atoms with Gasteiger partial charge in [0, 0.05) is 10.0 Å². The Kier molecular flexibility index (Phi) is 4.67. The van der Waals surface area contributed by atoms with Crippen molar-refractivity contribution in [2.45, 2.75) is 20.5 Å². The Labute approximate surface area is 131 Å². The van der Waals surface area contributed by atoms with E-state index in [4.69, 9.17) is 22.7 Å². The fourth-order valence-corrected chi connectivity index (χ4v) is 2.38.